The largest absolute Gasteiger partial charge is 0.484 e. The summed E-state index contributed by atoms with van der Waals surface area (Å²) in [6, 6.07) is 13.3. The smallest absolute Gasteiger partial charge is 0.338 e. The standard InChI is InChI=1S/C22H24N4O6S/c1-2-31-21(28)16-8-9-18(19(14-16)26(29)30)24-10-12-25(13-11-24)22(33)23-20(27)15-32-17-6-4-3-5-7-17/h3-9,14H,2,10-13,15H2,1H3,(H,23,27,33). The van der Waals surface area contributed by atoms with Gasteiger partial charge in [-0.3, -0.25) is 14.9 Å². The summed E-state index contributed by atoms with van der Waals surface area (Å²) in [4.78, 5) is 38.8. The number of rotatable bonds is 7. The fourth-order valence-corrected chi connectivity index (χ4v) is 3.63. The minimum Gasteiger partial charge on any atom is -0.484 e. The lowest BCUT2D eigenvalue weighted by Gasteiger charge is -2.37. The summed E-state index contributed by atoms with van der Waals surface area (Å²) in [5, 5.41) is 14.5. The van der Waals surface area contributed by atoms with Gasteiger partial charge in [-0.15, -0.1) is 0 Å². The van der Waals surface area contributed by atoms with Crippen molar-refractivity contribution in [2.45, 2.75) is 6.92 Å². The molecule has 0 unspecified atom stereocenters. The molecule has 1 heterocycles. The molecule has 0 atom stereocenters. The second-order valence-electron chi connectivity index (χ2n) is 7.11. The molecule has 1 amide bonds. The third kappa shape index (κ3) is 6.39. The number of esters is 1. The summed E-state index contributed by atoms with van der Waals surface area (Å²) in [6.45, 7) is 3.54. The van der Waals surface area contributed by atoms with Crippen molar-refractivity contribution >= 4 is 40.6 Å². The predicted molar refractivity (Wildman–Crippen MR) is 126 cm³/mol. The van der Waals surface area contributed by atoms with Crippen molar-refractivity contribution < 1.29 is 24.0 Å². The third-order valence-corrected chi connectivity index (χ3v) is 5.31. The number of hydrogen-bond donors (Lipinski definition) is 1. The van der Waals surface area contributed by atoms with E-state index in [4.69, 9.17) is 21.7 Å². The van der Waals surface area contributed by atoms with E-state index in [1.165, 1.54) is 12.1 Å². The highest BCUT2D eigenvalue weighted by Crippen LogP contribution is 2.30. The number of amides is 1. The maximum atomic E-state index is 12.1. The first-order chi connectivity index (χ1) is 15.9. The molecular weight excluding hydrogens is 448 g/mol. The first-order valence-corrected chi connectivity index (χ1v) is 10.8. The number of benzene rings is 2. The van der Waals surface area contributed by atoms with Crippen molar-refractivity contribution in [3.05, 3.63) is 64.2 Å². The Morgan fingerprint density at radius 2 is 1.82 bits per heavy atom. The minimum absolute atomic E-state index is 0.132. The Morgan fingerprint density at radius 3 is 2.45 bits per heavy atom. The molecule has 2 aromatic rings. The van der Waals surface area contributed by atoms with Gasteiger partial charge in [-0.1, -0.05) is 18.2 Å². The molecule has 33 heavy (non-hydrogen) atoms. The van der Waals surface area contributed by atoms with Gasteiger partial charge in [-0.05, 0) is 43.4 Å². The number of para-hydroxylation sites is 1. The van der Waals surface area contributed by atoms with Crippen LogP contribution in [-0.2, 0) is 9.53 Å². The number of anilines is 1. The lowest BCUT2D eigenvalue weighted by Crippen LogP contribution is -2.53. The summed E-state index contributed by atoms with van der Waals surface area (Å²) in [7, 11) is 0. The lowest BCUT2D eigenvalue weighted by molar-refractivity contribution is -0.384. The molecule has 0 aromatic heterocycles. The van der Waals surface area contributed by atoms with E-state index in [0.29, 0.717) is 37.6 Å². The van der Waals surface area contributed by atoms with Crippen molar-refractivity contribution in [2.24, 2.45) is 0 Å². The molecule has 3 rings (SSSR count). The molecule has 1 aliphatic heterocycles. The van der Waals surface area contributed by atoms with Crippen LogP contribution in [0.3, 0.4) is 0 Å². The lowest BCUT2D eigenvalue weighted by atomic mass is 10.1. The summed E-state index contributed by atoms with van der Waals surface area (Å²) in [6.07, 6.45) is 0. The maximum absolute atomic E-state index is 12.1. The van der Waals surface area contributed by atoms with Crippen molar-refractivity contribution in [2.75, 3.05) is 44.3 Å². The Balaban J connectivity index is 1.55. The van der Waals surface area contributed by atoms with Gasteiger partial charge >= 0.3 is 5.97 Å². The molecular formula is C22H24N4O6S. The summed E-state index contributed by atoms with van der Waals surface area (Å²) >= 11 is 5.33. The van der Waals surface area contributed by atoms with Gasteiger partial charge in [0.25, 0.3) is 11.6 Å². The minimum atomic E-state index is -0.602. The van der Waals surface area contributed by atoms with Crippen LogP contribution in [0.1, 0.15) is 17.3 Å². The quantitative estimate of drug-likeness (QED) is 0.281. The second-order valence-corrected chi connectivity index (χ2v) is 7.50. The molecule has 10 nitrogen and oxygen atoms in total. The number of ether oxygens (including phenoxy) is 2. The molecule has 0 radical (unpaired) electrons. The number of nitro benzene ring substituents is 1. The zero-order chi connectivity index (χ0) is 23.8. The van der Waals surface area contributed by atoms with E-state index >= 15 is 0 Å². The Bertz CT molecular complexity index is 1020. The van der Waals surface area contributed by atoms with Crippen LogP contribution in [0.25, 0.3) is 0 Å². The average molecular weight is 473 g/mol. The van der Waals surface area contributed by atoms with E-state index in [2.05, 4.69) is 5.32 Å². The first-order valence-electron chi connectivity index (χ1n) is 10.4. The number of nitro groups is 1. The molecule has 174 valence electrons. The molecule has 0 aliphatic carbocycles. The molecule has 1 fully saturated rings. The van der Waals surface area contributed by atoms with Crippen LogP contribution in [0.15, 0.2) is 48.5 Å². The molecule has 1 saturated heterocycles. The van der Waals surface area contributed by atoms with E-state index in [0.717, 1.165) is 0 Å². The Hall–Kier alpha value is -3.73. The number of nitrogens with one attached hydrogen (secondary N) is 1. The van der Waals surface area contributed by atoms with Crippen molar-refractivity contribution in [1.29, 1.82) is 0 Å². The molecule has 1 N–H and O–H groups in total. The SMILES string of the molecule is CCOC(=O)c1ccc(N2CCN(C(=S)NC(=O)COc3ccccc3)CC2)c([N+](=O)[O-])c1. The highest BCUT2D eigenvalue weighted by atomic mass is 32.1. The van der Waals surface area contributed by atoms with E-state index in [1.807, 2.05) is 28.0 Å². The summed E-state index contributed by atoms with van der Waals surface area (Å²) in [5.41, 5.74) is 0.384. The van der Waals surface area contributed by atoms with Crippen molar-refractivity contribution in [1.82, 2.24) is 10.2 Å². The number of carbonyl (C=O) groups excluding carboxylic acids is 2. The zero-order valence-electron chi connectivity index (χ0n) is 18.1. The summed E-state index contributed by atoms with van der Waals surface area (Å²) in [5.74, 6) is -0.381. The normalized spacial score (nSPS) is 13.2. The average Bonchev–Trinajstić information content (AvgIpc) is 2.83. The monoisotopic (exact) mass is 472 g/mol. The molecule has 0 spiro atoms. The molecule has 0 saturated carbocycles. The van der Waals surface area contributed by atoms with Crippen molar-refractivity contribution in [3.63, 3.8) is 0 Å². The number of carbonyl (C=O) groups is 2. The van der Waals surface area contributed by atoms with Crippen LogP contribution in [0.2, 0.25) is 0 Å². The number of piperazine rings is 1. The molecule has 11 heteroatoms. The van der Waals surface area contributed by atoms with Gasteiger partial charge in [0.1, 0.15) is 11.4 Å². The fraction of sp³-hybridized carbons (Fsp3) is 0.318. The Morgan fingerprint density at radius 1 is 1.12 bits per heavy atom. The highest BCUT2D eigenvalue weighted by Gasteiger charge is 2.26. The van der Waals surface area contributed by atoms with Gasteiger partial charge in [0.15, 0.2) is 11.7 Å². The van der Waals surface area contributed by atoms with E-state index < -0.39 is 10.9 Å². The number of thiocarbonyl (C=S) groups is 1. The van der Waals surface area contributed by atoms with Gasteiger partial charge < -0.3 is 24.6 Å². The van der Waals surface area contributed by atoms with Crippen LogP contribution in [0, 0.1) is 10.1 Å². The van der Waals surface area contributed by atoms with Crippen LogP contribution in [-0.4, -0.2) is 66.2 Å². The van der Waals surface area contributed by atoms with Gasteiger partial charge in [-0.2, -0.15) is 0 Å². The Labute approximate surface area is 196 Å². The van der Waals surface area contributed by atoms with E-state index in [1.54, 1.807) is 25.1 Å². The maximum Gasteiger partial charge on any atom is 0.338 e. The van der Waals surface area contributed by atoms with Gasteiger partial charge in [0, 0.05) is 32.2 Å². The number of nitrogens with zero attached hydrogens (tertiary/aromatic N) is 3. The van der Waals surface area contributed by atoms with Gasteiger partial charge in [-0.25, -0.2) is 4.79 Å². The van der Waals surface area contributed by atoms with Crippen LogP contribution < -0.4 is 15.0 Å². The third-order valence-electron chi connectivity index (χ3n) is 4.95. The highest BCUT2D eigenvalue weighted by molar-refractivity contribution is 7.80. The fourth-order valence-electron chi connectivity index (χ4n) is 3.33. The summed E-state index contributed by atoms with van der Waals surface area (Å²) < 4.78 is 10.3. The topological polar surface area (TPSA) is 114 Å². The number of hydrogen-bond acceptors (Lipinski definition) is 8. The molecule has 1 aliphatic rings. The predicted octanol–water partition coefficient (Wildman–Crippen LogP) is 2.37. The zero-order valence-corrected chi connectivity index (χ0v) is 18.9. The van der Waals surface area contributed by atoms with E-state index in [9.17, 15) is 19.7 Å². The van der Waals surface area contributed by atoms with Crippen LogP contribution in [0.5, 0.6) is 5.75 Å². The molecule has 0 bridgehead atoms. The molecule has 2 aromatic carbocycles. The Kier molecular flexibility index (Phi) is 8.14. The van der Waals surface area contributed by atoms with Crippen LogP contribution >= 0.6 is 12.2 Å². The van der Waals surface area contributed by atoms with Gasteiger partial charge in [0.05, 0.1) is 17.1 Å². The second kappa shape index (κ2) is 11.2. The van der Waals surface area contributed by atoms with Crippen LogP contribution in [0.4, 0.5) is 11.4 Å². The van der Waals surface area contributed by atoms with Gasteiger partial charge in [0.2, 0.25) is 0 Å². The van der Waals surface area contributed by atoms with E-state index in [-0.39, 0.29) is 35.5 Å². The first kappa shape index (κ1) is 23.9. The van der Waals surface area contributed by atoms with Crippen molar-refractivity contribution in [3.8, 4) is 5.75 Å².